The Morgan fingerprint density at radius 3 is 3.08 bits per heavy atom. The zero-order valence-electron chi connectivity index (χ0n) is 13.4. The van der Waals surface area contributed by atoms with E-state index >= 15 is 0 Å². The number of rotatable bonds is 3. The molecule has 6 heteroatoms. The van der Waals surface area contributed by atoms with Gasteiger partial charge in [-0.15, -0.1) is 11.3 Å². The third kappa shape index (κ3) is 2.67. The molecule has 122 valence electrons. The molecule has 1 atom stereocenters. The van der Waals surface area contributed by atoms with Crippen molar-refractivity contribution in [2.75, 3.05) is 0 Å². The van der Waals surface area contributed by atoms with Crippen LogP contribution >= 0.6 is 11.3 Å². The Morgan fingerprint density at radius 1 is 1.38 bits per heavy atom. The van der Waals surface area contributed by atoms with E-state index < -0.39 is 0 Å². The summed E-state index contributed by atoms with van der Waals surface area (Å²) >= 11 is 1.60. The third-order valence-corrected chi connectivity index (χ3v) is 5.52. The van der Waals surface area contributed by atoms with Crippen molar-refractivity contribution >= 4 is 17.1 Å². The number of nitroso groups, excluding NO2 is 1. The van der Waals surface area contributed by atoms with Crippen LogP contribution in [0.2, 0.25) is 0 Å². The van der Waals surface area contributed by atoms with Gasteiger partial charge in [0.25, 0.3) is 0 Å². The Balaban J connectivity index is 1.64. The van der Waals surface area contributed by atoms with Crippen molar-refractivity contribution in [1.82, 2.24) is 9.97 Å². The summed E-state index contributed by atoms with van der Waals surface area (Å²) < 4.78 is 6.19. The van der Waals surface area contributed by atoms with E-state index in [-0.39, 0.29) is 6.04 Å². The molecule has 1 aliphatic carbocycles. The van der Waals surface area contributed by atoms with E-state index in [2.05, 4.69) is 22.1 Å². The largest absolute Gasteiger partial charge is 0.460 e. The minimum atomic E-state index is -0.224. The first-order valence-electron chi connectivity index (χ1n) is 8.05. The Morgan fingerprint density at radius 2 is 2.29 bits per heavy atom. The monoisotopic (exact) mass is 339 g/mol. The number of pyridine rings is 1. The zero-order chi connectivity index (χ0) is 16.5. The highest BCUT2D eigenvalue weighted by Gasteiger charge is 2.31. The average Bonchev–Trinajstić information content (AvgIpc) is 3.11. The number of hydrogen-bond acceptors (Lipinski definition) is 6. The van der Waals surface area contributed by atoms with Crippen LogP contribution in [-0.4, -0.2) is 16.0 Å². The molecule has 2 aromatic heterocycles. The molecule has 0 N–H and O–H groups in total. The van der Waals surface area contributed by atoms with Gasteiger partial charge < -0.3 is 4.74 Å². The topological polar surface area (TPSA) is 64.4 Å². The van der Waals surface area contributed by atoms with E-state index in [0.29, 0.717) is 0 Å². The van der Waals surface area contributed by atoms with Crippen LogP contribution in [-0.2, 0) is 4.74 Å². The third-order valence-electron chi connectivity index (χ3n) is 4.48. The molecule has 0 amide bonds. The molecule has 3 heterocycles. The molecule has 0 saturated heterocycles. The Labute approximate surface area is 144 Å². The first-order chi connectivity index (χ1) is 11.8. The lowest BCUT2D eigenvalue weighted by Crippen LogP contribution is -2.20. The van der Waals surface area contributed by atoms with Crippen LogP contribution in [0.4, 0.5) is 0 Å². The summed E-state index contributed by atoms with van der Waals surface area (Å²) in [4.78, 5) is 20.7. The lowest BCUT2D eigenvalue weighted by molar-refractivity contribution is 0.317. The van der Waals surface area contributed by atoms with Gasteiger partial charge in [-0.1, -0.05) is 5.18 Å². The molecule has 4 rings (SSSR count). The summed E-state index contributed by atoms with van der Waals surface area (Å²) in [5, 5.41) is 4.21. The average molecular weight is 339 g/mol. The highest BCUT2D eigenvalue weighted by Crippen LogP contribution is 2.42. The van der Waals surface area contributed by atoms with Crippen molar-refractivity contribution in [1.29, 1.82) is 0 Å². The molecular formula is C18H17N3O2S. The highest BCUT2D eigenvalue weighted by molar-refractivity contribution is 7.16. The SMILES string of the molecule is CC1=C(c2cnc(-c3cccnc3)s2)OC2=C(C1)C(N=O)CCC2. The molecule has 1 unspecified atom stereocenters. The summed E-state index contributed by atoms with van der Waals surface area (Å²) in [6, 6.07) is 3.68. The van der Waals surface area contributed by atoms with Crippen LogP contribution in [0.15, 0.2) is 52.8 Å². The maximum atomic E-state index is 11.1. The lowest BCUT2D eigenvalue weighted by Gasteiger charge is -2.29. The predicted molar refractivity (Wildman–Crippen MR) is 94.1 cm³/mol. The molecule has 0 spiro atoms. The van der Waals surface area contributed by atoms with Gasteiger partial charge in [-0.2, -0.15) is 4.91 Å². The fourth-order valence-corrected chi connectivity index (χ4v) is 4.23. The minimum absolute atomic E-state index is 0.224. The molecule has 5 nitrogen and oxygen atoms in total. The molecule has 2 aromatic rings. The van der Waals surface area contributed by atoms with E-state index in [0.717, 1.165) is 63.8 Å². The molecule has 24 heavy (non-hydrogen) atoms. The number of nitrogens with zero attached hydrogens (tertiary/aromatic N) is 3. The molecular weight excluding hydrogens is 322 g/mol. The second-order valence-electron chi connectivity index (χ2n) is 6.12. The number of thiazole rings is 1. The second kappa shape index (κ2) is 6.28. The summed E-state index contributed by atoms with van der Waals surface area (Å²) in [5.41, 5.74) is 3.20. The Bertz CT molecular complexity index is 839. The van der Waals surface area contributed by atoms with Gasteiger partial charge in [-0.25, -0.2) is 4.98 Å². The van der Waals surface area contributed by atoms with Crippen molar-refractivity contribution in [2.45, 2.75) is 38.6 Å². The molecule has 0 fully saturated rings. The smallest absolute Gasteiger partial charge is 0.144 e. The van der Waals surface area contributed by atoms with Crippen molar-refractivity contribution in [2.24, 2.45) is 5.18 Å². The zero-order valence-corrected chi connectivity index (χ0v) is 14.2. The van der Waals surface area contributed by atoms with Gasteiger partial charge in [-0.05, 0) is 43.9 Å². The molecule has 0 radical (unpaired) electrons. The van der Waals surface area contributed by atoms with E-state index in [1.165, 1.54) is 0 Å². The fourth-order valence-electron chi connectivity index (χ4n) is 3.26. The van der Waals surface area contributed by atoms with Gasteiger partial charge in [0.05, 0.1) is 4.88 Å². The van der Waals surface area contributed by atoms with Crippen molar-refractivity contribution < 1.29 is 4.74 Å². The van der Waals surface area contributed by atoms with Crippen molar-refractivity contribution in [3.63, 3.8) is 0 Å². The van der Waals surface area contributed by atoms with Crippen molar-refractivity contribution in [3.8, 4) is 10.6 Å². The molecule has 1 aliphatic heterocycles. The van der Waals surface area contributed by atoms with Gasteiger partial charge in [0.15, 0.2) is 0 Å². The number of hydrogen-bond donors (Lipinski definition) is 0. The van der Waals surface area contributed by atoms with Crippen LogP contribution in [0.3, 0.4) is 0 Å². The maximum Gasteiger partial charge on any atom is 0.144 e. The normalized spacial score (nSPS) is 20.6. The Hall–Kier alpha value is -2.34. The first-order valence-corrected chi connectivity index (χ1v) is 8.86. The molecule has 0 aromatic carbocycles. The second-order valence-corrected chi connectivity index (χ2v) is 7.15. The van der Waals surface area contributed by atoms with Crippen LogP contribution < -0.4 is 0 Å². The minimum Gasteiger partial charge on any atom is -0.460 e. The van der Waals surface area contributed by atoms with Crippen molar-refractivity contribution in [3.05, 3.63) is 57.4 Å². The fraction of sp³-hybridized carbons (Fsp3) is 0.333. The summed E-state index contributed by atoms with van der Waals surface area (Å²) in [6.07, 6.45) is 8.85. The van der Waals surface area contributed by atoms with Crippen LogP contribution in [0.5, 0.6) is 0 Å². The molecule has 0 bridgehead atoms. The summed E-state index contributed by atoms with van der Waals surface area (Å²) in [6.45, 7) is 2.05. The number of ether oxygens (including phenoxy) is 1. The lowest BCUT2D eigenvalue weighted by atomic mass is 9.87. The number of aromatic nitrogens is 2. The van der Waals surface area contributed by atoms with Gasteiger partial charge in [0.1, 0.15) is 22.6 Å². The van der Waals surface area contributed by atoms with E-state index in [4.69, 9.17) is 4.74 Å². The van der Waals surface area contributed by atoms with Gasteiger partial charge in [0.2, 0.25) is 0 Å². The van der Waals surface area contributed by atoms with E-state index in [9.17, 15) is 4.91 Å². The van der Waals surface area contributed by atoms with Gasteiger partial charge in [0, 0.05) is 36.1 Å². The number of allylic oxidation sites excluding steroid dienone is 2. The quantitative estimate of drug-likeness (QED) is 0.744. The van der Waals surface area contributed by atoms with Crippen LogP contribution in [0.1, 0.15) is 37.5 Å². The molecule has 2 aliphatic rings. The predicted octanol–water partition coefficient (Wildman–Crippen LogP) is 4.93. The van der Waals surface area contributed by atoms with E-state index in [1.807, 2.05) is 24.5 Å². The summed E-state index contributed by atoms with van der Waals surface area (Å²) in [7, 11) is 0. The molecule has 0 saturated carbocycles. The standard InChI is InChI=1S/C18H17N3O2S/c1-11-8-13-14(21-22)5-2-6-15(13)23-17(11)16-10-20-18(24-16)12-4-3-7-19-9-12/h3-4,7,9-10,14H,2,5-6,8H2,1H3. The van der Waals surface area contributed by atoms with Crippen LogP contribution in [0.25, 0.3) is 16.3 Å². The van der Waals surface area contributed by atoms with E-state index in [1.54, 1.807) is 17.5 Å². The summed E-state index contributed by atoms with van der Waals surface area (Å²) in [5.74, 6) is 1.82. The Kier molecular flexibility index (Phi) is 3.98. The van der Waals surface area contributed by atoms with Gasteiger partial charge in [-0.3, -0.25) is 4.98 Å². The highest BCUT2D eigenvalue weighted by atomic mass is 32.1. The maximum absolute atomic E-state index is 11.1. The first kappa shape index (κ1) is 15.2. The van der Waals surface area contributed by atoms with Crippen LogP contribution in [0, 0.1) is 4.91 Å². The van der Waals surface area contributed by atoms with Gasteiger partial charge >= 0.3 is 0 Å².